The van der Waals surface area contributed by atoms with Gasteiger partial charge < -0.3 is 9.84 Å². The summed E-state index contributed by atoms with van der Waals surface area (Å²) in [5.74, 6) is -1.32. The molecule has 0 spiro atoms. The van der Waals surface area contributed by atoms with Crippen LogP contribution in [0.4, 0.5) is 17.6 Å². The molecule has 0 fully saturated rings. The molecule has 0 aliphatic heterocycles. The summed E-state index contributed by atoms with van der Waals surface area (Å²) < 4.78 is 56.0. The normalized spacial score (nSPS) is 16.4. The van der Waals surface area contributed by atoms with Gasteiger partial charge in [0.2, 0.25) is 6.17 Å². The maximum atomic E-state index is 13.9. The zero-order chi connectivity index (χ0) is 15.6. The van der Waals surface area contributed by atoms with Gasteiger partial charge in [-0.3, -0.25) is 0 Å². The summed E-state index contributed by atoms with van der Waals surface area (Å²) in [5.41, 5.74) is -3.80. The standard InChI is InChI=1S/C13H14F4O3/c1-3-20-11(18)10(14)12(2,19)8-5-4-6-9(7-8)13(15,16)17/h4-7,10,19H,3H2,1-2H3. The van der Waals surface area contributed by atoms with E-state index in [9.17, 15) is 27.5 Å². The summed E-state index contributed by atoms with van der Waals surface area (Å²) >= 11 is 0. The van der Waals surface area contributed by atoms with Crippen LogP contribution in [0.15, 0.2) is 24.3 Å². The molecule has 7 heteroatoms. The van der Waals surface area contributed by atoms with E-state index in [1.54, 1.807) is 0 Å². The molecule has 1 rings (SSSR count). The molecule has 1 aromatic rings. The molecular formula is C13H14F4O3. The van der Waals surface area contributed by atoms with Gasteiger partial charge in [0.15, 0.2) is 0 Å². The number of ether oxygens (including phenoxy) is 1. The number of aliphatic hydroxyl groups is 1. The number of esters is 1. The van der Waals surface area contributed by atoms with Crippen LogP contribution in [-0.2, 0) is 21.3 Å². The maximum absolute atomic E-state index is 13.9. The first-order valence-corrected chi connectivity index (χ1v) is 5.81. The second-order valence-electron chi connectivity index (χ2n) is 4.34. The highest BCUT2D eigenvalue weighted by molar-refractivity contribution is 5.76. The summed E-state index contributed by atoms with van der Waals surface area (Å²) in [6.07, 6.45) is -7.10. The quantitative estimate of drug-likeness (QED) is 0.686. The summed E-state index contributed by atoms with van der Waals surface area (Å²) in [6, 6.07) is 3.54. The Kier molecular flexibility index (Phi) is 4.75. The van der Waals surface area contributed by atoms with E-state index in [0.29, 0.717) is 6.07 Å². The Labute approximate surface area is 113 Å². The van der Waals surface area contributed by atoms with E-state index in [4.69, 9.17) is 0 Å². The monoisotopic (exact) mass is 294 g/mol. The molecule has 0 bridgehead atoms. The van der Waals surface area contributed by atoms with E-state index in [0.717, 1.165) is 25.1 Å². The molecule has 0 saturated carbocycles. The van der Waals surface area contributed by atoms with Crippen LogP contribution in [0.1, 0.15) is 25.0 Å². The lowest BCUT2D eigenvalue weighted by molar-refractivity contribution is -0.160. The van der Waals surface area contributed by atoms with E-state index in [2.05, 4.69) is 4.74 Å². The summed E-state index contributed by atoms with van der Waals surface area (Å²) in [5, 5.41) is 10.00. The van der Waals surface area contributed by atoms with E-state index in [-0.39, 0.29) is 12.2 Å². The van der Waals surface area contributed by atoms with Gasteiger partial charge in [-0.2, -0.15) is 13.2 Å². The predicted molar refractivity (Wildman–Crippen MR) is 62.5 cm³/mol. The number of carbonyl (C=O) groups is 1. The molecule has 0 amide bonds. The van der Waals surface area contributed by atoms with Gasteiger partial charge in [-0.15, -0.1) is 0 Å². The number of halogens is 4. The lowest BCUT2D eigenvalue weighted by Crippen LogP contribution is -2.40. The van der Waals surface area contributed by atoms with Crippen molar-refractivity contribution in [3.63, 3.8) is 0 Å². The lowest BCUT2D eigenvalue weighted by Gasteiger charge is -2.27. The van der Waals surface area contributed by atoms with Crippen molar-refractivity contribution in [2.45, 2.75) is 31.8 Å². The van der Waals surface area contributed by atoms with Crippen LogP contribution in [0.2, 0.25) is 0 Å². The number of benzene rings is 1. The molecule has 3 nitrogen and oxygen atoms in total. The molecule has 0 aliphatic carbocycles. The van der Waals surface area contributed by atoms with Gasteiger partial charge >= 0.3 is 12.1 Å². The molecule has 0 saturated heterocycles. The molecule has 0 heterocycles. The van der Waals surface area contributed by atoms with Crippen LogP contribution in [0.25, 0.3) is 0 Å². The fourth-order valence-corrected chi connectivity index (χ4v) is 1.60. The first kappa shape index (κ1) is 16.4. The van der Waals surface area contributed by atoms with Crippen LogP contribution in [0, 0.1) is 0 Å². The van der Waals surface area contributed by atoms with Gasteiger partial charge in [-0.25, -0.2) is 9.18 Å². The first-order valence-electron chi connectivity index (χ1n) is 5.81. The molecule has 0 aliphatic rings. The summed E-state index contributed by atoms with van der Waals surface area (Å²) in [7, 11) is 0. The van der Waals surface area contributed by atoms with Gasteiger partial charge in [-0.1, -0.05) is 12.1 Å². The molecule has 112 valence electrons. The fraction of sp³-hybridized carbons (Fsp3) is 0.462. The van der Waals surface area contributed by atoms with Gasteiger partial charge in [-0.05, 0) is 31.5 Å². The largest absolute Gasteiger partial charge is 0.464 e. The zero-order valence-electron chi connectivity index (χ0n) is 10.9. The average Bonchev–Trinajstić information content (AvgIpc) is 2.37. The second kappa shape index (κ2) is 5.78. The SMILES string of the molecule is CCOC(=O)C(F)C(C)(O)c1cccc(C(F)(F)F)c1. The zero-order valence-corrected chi connectivity index (χ0v) is 10.9. The van der Waals surface area contributed by atoms with E-state index in [1.165, 1.54) is 6.92 Å². The Morgan fingerprint density at radius 2 is 1.90 bits per heavy atom. The molecule has 20 heavy (non-hydrogen) atoms. The molecule has 1 N–H and O–H groups in total. The highest BCUT2D eigenvalue weighted by atomic mass is 19.4. The molecule has 1 aromatic carbocycles. The highest BCUT2D eigenvalue weighted by Gasteiger charge is 2.42. The van der Waals surface area contributed by atoms with E-state index >= 15 is 0 Å². The first-order chi connectivity index (χ1) is 9.10. The Hall–Kier alpha value is -1.63. The average molecular weight is 294 g/mol. The number of alkyl halides is 4. The highest BCUT2D eigenvalue weighted by Crippen LogP contribution is 2.34. The number of rotatable bonds is 4. The lowest BCUT2D eigenvalue weighted by atomic mass is 9.90. The second-order valence-corrected chi connectivity index (χ2v) is 4.34. The molecular weight excluding hydrogens is 280 g/mol. The van der Waals surface area contributed by atoms with Crippen molar-refractivity contribution in [3.05, 3.63) is 35.4 Å². The molecule has 2 unspecified atom stereocenters. The van der Waals surface area contributed by atoms with Gasteiger partial charge in [0, 0.05) is 0 Å². The van der Waals surface area contributed by atoms with Crippen molar-refractivity contribution in [1.82, 2.24) is 0 Å². The van der Waals surface area contributed by atoms with Crippen molar-refractivity contribution >= 4 is 5.97 Å². The van der Waals surface area contributed by atoms with Crippen LogP contribution < -0.4 is 0 Å². The van der Waals surface area contributed by atoms with Crippen LogP contribution in [-0.4, -0.2) is 23.9 Å². The van der Waals surface area contributed by atoms with Gasteiger partial charge in [0.05, 0.1) is 12.2 Å². The van der Waals surface area contributed by atoms with Crippen molar-refractivity contribution in [3.8, 4) is 0 Å². The Balaban J connectivity index is 3.12. The Morgan fingerprint density at radius 3 is 2.40 bits per heavy atom. The van der Waals surface area contributed by atoms with Crippen molar-refractivity contribution in [2.24, 2.45) is 0 Å². The fourth-order valence-electron chi connectivity index (χ4n) is 1.60. The number of hydrogen-bond acceptors (Lipinski definition) is 3. The summed E-state index contributed by atoms with van der Waals surface area (Å²) in [4.78, 5) is 11.3. The number of hydrogen-bond donors (Lipinski definition) is 1. The molecule has 0 radical (unpaired) electrons. The third-order valence-electron chi connectivity index (χ3n) is 2.76. The Bertz CT molecular complexity index is 483. The third-order valence-corrected chi connectivity index (χ3v) is 2.76. The van der Waals surface area contributed by atoms with Crippen LogP contribution in [0.5, 0.6) is 0 Å². The van der Waals surface area contributed by atoms with Gasteiger partial charge in [0.1, 0.15) is 5.60 Å². The molecule has 2 atom stereocenters. The Morgan fingerprint density at radius 1 is 1.35 bits per heavy atom. The summed E-state index contributed by atoms with van der Waals surface area (Å²) in [6.45, 7) is 2.27. The molecule has 0 aromatic heterocycles. The number of carbonyl (C=O) groups excluding carboxylic acids is 1. The van der Waals surface area contributed by atoms with Crippen LogP contribution in [0.3, 0.4) is 0 Å². The van der Waals surface area contributed by atoms with E-state index < -0.39 is 29.5 Å². The van der Waals surface area contributed by atoms with Crippen molar-refractivity contribution in [1.29, 1.82) is 0 Å². The topological polar surface area (TPSA) is 46.5 Å². The smallest absolute Gasteiger partial charge is 0.416 e. The minimum atomic E-state index is -4.62. The van der Waals surface area contributed by atoms with Crippen molar-refractivity contribution < 1.29 is 32.2 Å². The van der Waals surface area contributed by atoms with Gasteiger partial charge in [0.25, 0.3) is 0 Å². The third kappa shape index (κ3) is 3.47. The maximum Gasteiger partial charge on any atom is 0.416 e. The van der Waals surface area contributed by atoms with E-state index in [1.807, 2.05) is 0 Å². The predicted octanol–water partition coefficient (Wildman–Crippen LogP) is 2.81. The minimum absolute atomic E-state index is 0.0993. The van der Waals surface area contributed by atoms with Crippen LogP contribution >= 0.6 is 0 Å². The minimum Gasteiger partial charge on any atom is -0.464 e. The van der Waals surface area contributed by atoms with Crippen molar-refractivity contribution in [2.75, 3.05) is 6.61 Å².